The Balaban J connectivity index is 1.60. The van der Waals surface area contributed by atoms with E-state index in [4.69, 9.17) is 10.7 Å². The van der Waals surface area contributed by atoms with Crippen LogP contribution in [-0.4, -0.2) is 29.5 Å². The molecule has 0 amide bonds. The second-order valence-corrected chi connectivity index (χ2v) is 7.54. The monoisotopic (exact) mass is 451 g/mol. The van der Waals surface area contributed by atoms with Crippen molar-refractivity contribution in [1.82, 2.24) is 29.5 Å². The number of fused-ring (bicyclic) bond motifs is 1. The van der Waals surface area contributed by atoms with Crippen molar-refractivity contribution in [3.05, 3.63) is 84.6 Å². The predicted molar refractivity (Wildman–Crippen MR) is 125 cm³/mol. The minimum atomic E-state index is -0.421. The molecule has 1 atom stereocenters. The van der Waals surface area contributed by atoms with Crippen molar-refractivity contribution in [2.45, 2.75) is 13.0 Å². The van der Waals surface area contributed by atoms with Gasteiger partial charge in [0, 0.05) is 24.0 Å². The summed E-state index contributed by atoms with van der Waals surface area (Å²) in [6.07, 6.45) is 6.42. The van der Waals surface area contributed by atoms with Gasteiger partial charge in [-0.25, -0.2) is 19.3 Å². The van der Waals surface area contributed by atoms with E-state index in [1.54, 1.807) is 24.7 Å². The van der Waals surface area contributed by atoms with E-state index in [1.165, 1.54) is 18.5 Å². The smallest absolute Gasteiger partial charge is 0.150 e. The highest BCUT2D eigenvalue weighted by Gasteiger charge is 2.21. The third-order valence-electron chi connectivity index (χ3n) is 5.33. The van der Waals surface area contributed by atoms with Crippen LogP contribution in [0, 0.1) is 17.1 Å². The highest BCUT2D eigenvalue weighted by atomic mass is 19.1. The van der Waals surface area contributed by atoms with Crippen LogP contribution in [0.1, 0.15) is 24.4 Å². The van der Waals surface area contributed by atoms with Gasteiger partial charge >= 0.3 is 0 Å². The summed E-state index contributed by atoms with van der Waals surface area (Å²) < 4.78 is 16.0. The third-order valence-corrected chi connectivity index (χ3v) is 5.33. The van der Waals surface area contributed by atoms with E-state index in [0.717, 1.165) is 11.3 Å². The molecule has 9 nitrogen and oxygen atoms in total. The number of nitrogen functional groups attached to an aromatic ring is 1. The highest BCUT2D eigenvalue weighted by molar-refractivity contribution is 5.79. The number of hydrogen-bond donors (Lipinski definition) is 2. The van der Waals surface area contributed by atoms with Gasteiger partial charge < -0.3 is 11.1 Å². The zero-order chi connectivity index (χ0) is 23.7. The van der Waals surface area contributed by atoms with Crippen molar-refractivity contribution in [3.8, 4) is 23.0 Å². The number of nitriles is 1. The average molecular weight is 451 g/mol. The zero-order valence-corrected chi connectivity index (χ0v) is 18.0. The van der Waals surface area contributed by atoms with Crippen LogP contribution >= 0.6 is 0 Å². The Morgan fingerprint density at radius 1 is 1.12 bits per heavy atom. The Hall–Kier alpha value is -4.91. The fourth-order valence-electron chi connectivity index (χ4n) is 3.72. The number of halogens is 1. The van der Waals surface area contributed by atoms with Crippen LogP contribution in [0.3, 0.4) is 0 Å². The van der Waals surface area contributed by atoms with E-state index < -0.39 is 6.04 Å². The molecule has 0 aliphatic carbocycles. The molecule has 0 saturated carbocycles. The fourth-order valence-corrected chi connectivity index (χ4v) is 3.72. The molecule has 5 rings (SSSR count). The van der Waals surface area contributed by atoms with Gasteiger partial charge in [-0.1, -0.05) is 0 Å². The minimum Gasteiger partial charge on any atom is -0.382 e. The van der Waals surface area contributed by atoms with Crippen LogP contribution in [-0.2, 0) is 0 Å². The fraction of sp³-hybridized carbons (Fsp3) is 0.0833. The van der Waals surface area contributed by atoms with Gasteiger partial charge in [0.15, 0.2) is 0 Å². The molecule has 0 spiro atoms. The number of imidazole rings is 1. The molecule has 3 N–H and O–H groups in total. The number of nitrogens with two attached hydrogens (primary N) is 1. The van der Waals surface area contributed by atoms with Crippen LogP contribution < -0.4 is 11.1 Å². The van der Waals surface area contributed by atoms with Crippen molar-refractivity contribution in [2.24, 2.45) is 0 Å². The highest BCUT2D eigenvalue weighted by Crippen LogP contribution is 2.29. The Kier molecular flexibility index (Phi) is 5.27. The summed E-state index contributed by atoms with van der Waals surface area (Å²) >= 11 is 0. The maximum atomic E-state index is 14.2. The number of rotatable bonds is 5. The normalized spacial score (nSPS) is 11.8. The molecule has 4 aromatic heterocycles. The molecule has 1 aromatic carbocycles. The van der Waals surface area contributed by atoms with Crippen LogP contribution in [0.2, 0.25) is 0 Å². The van der Waals surface area contributed by atoms with Crippen LogP contribution in [0.15, 0.2) is 67.4 Å². The van der Waals surface area contributed by atoms with Gasteiger partial charge in [-0.05, 0) is 43.3 Å². The summed E-state index contributed by atoms with van der Waals surface area (Å²) in [5, 5.41) is 12.6. The molecule has 5 aromatic rings. The summed E-state index contributed by atoms with van der Waals surface area (Å²) in [5.41, 5.74) is 9.51. The number of nitrogens with one attached hydrogen (secondary N) is 1. The SMILES string of the molecule is C[C@@H](Nc1ncnc(N)c1C#N)c1nc2ccc(F)cc2n1-c1ccc(-c2cccnc2)nc1. The second-order valence-electron chi connectivity index (χ2n) is 7.54. The van der Waals surface area contributed by atoms with E-state index in [9.17, 15) is 9.65 Å². The van der Waals surface area contributed by atoms with Gasteiger partial charge in [0.1, 0.15) is 41.2 Å². The van der Waals surface area contributed by atoms with E-state index in [1.807, 2.05) is 41.8 Å². The zero-order valence-electron chi connectivity index (χ0n) is 18.0. The number of hydrogen-bond acceptors (Lipinski definition) is 8. The molecule has 166 valence electrons. The molecule has 0 aliphatic rings. The largest absolute Gasteiger partial charge is 0.382 e. The molecule has 0 unspecified atom stereocenters. The minimum absolute atomic E-state index is 0.0814. The number of nitrogens with zero attached hydrogens (tertiary/aromatic N) is 7. The van der Waals surface area contributed by atoms with Crippen LogP contribution in [0.4, 0.5) is 16.0 Å². The third kappa shape index (κ3) is 3.75. The summed E-state index contributed by atoms with van der Waals surface area (Å²) in [7, 11) is 0. The number of anilines is 2. The molecule has 0 aliphatic heterocycles. The van der Waals surface area contributed by atoms with E-state index in [-0.39, 0.29) is 23.0 Å². The van der Waals surface area contributed by atoms with Crippen molar-refractivity contribution in [1.29, 1.82) is 5.26 Å². The van der Waals surface area contributed by atoms with E-state index in [0.29, 0.717) is 22.5 Å². The predicted octanol–water partition coefficient (Wildman–Crippen LogP) is 4.04. The molecular formula is C24H18FN9. The molecule has 0 saturated heterocycles. The average Bonchev–Trinajstić information content (AvgIpc) is 3.23. The van der Waals surface area contributed by atoms with E-state index >= 15 is 0 Å². The maximum Gasteiger partial charge on any atom is 0.150 e. The molecule has 0 radical (unpaired) electrons. The topological polar surface area (TPSA) is 131 Å². The molecule has 4 heterocycles. The first kappa shape index (κ1) is 21.0. The molecule has 0 bridgehead atoms. The van der Waals surface area contributed by atoms with Gasteiger partial charge in [0.2, 0.25) is 0 Å². The lowest BCUT2D eigenvalue weighted by Gasteiger charge is -2.17. The van der Waals surface area contributed by atoms with Gasteiger partial charge in [0.05, 0.1) is 34.7 Å². The molecular weight excluding hydrogens is 433 g/mol. The first-order valence-electron chi connectivity index (χ1n) is 10.4. The Labute approximate surface area is 193 Å². The first-order chi connectivity index (χ1) is 16.5. The Morgan fingerprint density at radius 2 is 2.00 bits per heavy atom. The lowest BCUT2D eigenvalue weighted by atomic mass is 10.2. The van der Waals surface area contributed by atoms with E-state index in [2.05, 4.69) is 25.3 Å². The van der Waals surface area contributed by atoms with Gasteiger partial charge in [-0.3, -0.25) is 14.5 Å². The number of benzene rings is 1. The Bertz CT molecular complexity index is 1520. The van der Waals surface area contributed by atoms with Crippen molar-refractivity contribution >= 4 is 22.7 Å². The second kappa shape index (κ2) is 8.55. The van der Waals surface area contributed by atoms with Crippen molar-refractivity contribution in [2.75, 3.05) is 11.1 Å². The lowest BCUT2D eigenvalue weighted by molar-refractivity contribution is 0.629. The summed E-state index contributed by atoms with van der Waals surface area (Å²) in [5.74, 6) is 0.573. The maximum absolute atomic E-state index is 14.2. The van der Waals surface area contributed by atoms with Crippen LogP contribution in [0.5, 0.6) is 0 Å². The van der Waals surface area contributed by atoms with Gasteiger partial charge in [-0.2, -0.15) is 5.26 Å². The standard InChI is InChI=1S/C24H18FN9/c1-14(32-23-18(10-26)22(27)30-13-31-23)24-33-20-6-4-16(25)9-21(20)34(24)17-5-7-19(29-12-17)15-3-2-8-28-11-15/h2-9,11-14H,1H3,(H3,27,30,31,32)/t14-/m1/s1. The molecule has 34 heavy (non-hydrogen) atoms. The van der Waals surface area contributed by atoms with Gasteiger partial charge in [-0.15, -0.1) is 0 Å². The van der Waals surface area contributed by atoms with Crippen LogP contribution in [0.25, 0.3) is 28.0 Å². The molecule has 10 heteroatoms. The number of pyridine rings is 2. The van der Waals surface area contributed by atoms with Crippen molar-refractivity contribution < 1.29 is 4.39 Å². The Morgan fingerprint density at radius 3 is 2.74 bits per heavy atom. The molecule has 0 fully saturated rings. The number of aromatic nitrogens is 6. The van der Waals surface area contributed by atoms with Crippen molar-refractivity contribution in [3.63, 3.8) is 0 Å². The summed E-state index contributed by atoms with van der Waals surface area (Å²) in [6, 6.07) is 13.5. The summed E-state index contributed by atoms with van der Waals surface area (Å²) in [6.45, 7) is 1.87. The lowest BCUT2D eigenvalue weighted by Crippen LogP contribution is -2.15. The quantitative estimate of drug-likeness (QED) is 0.409. The summed E-state index contributed by atoms with van der Waals surface area (Å²) in [4.78, 5) is 21.4. The van der Waals surface area contributed by atoms with Gasteiger partial charge in [0.25, 0.3) is 0 Å². The first-order valence-corrected chi connectivity index (χ1v) is 10.4.